The lowest BCUT2D eigenvalue weighted by Gasteiger charge is -1.89. The molecular formula is C8H9N3OS. The number of carbonyl (C=O) groups excluding carboxylic acids is 1. The lowest BCUT2D eigenvalue weighted by atomic mass is 10.5. The predicted molar refractivity (Wildman–Crippen MR) is 54.2 cm³/mol. The molecule has 0 amide bonds. The summed E-state index contributed by atoms with van der Waals surface area (Å²) in [7, 11) is 0. The molecule has 0 aliphatic heterocycles. The van der Waals surface area contributed by atoms with Crippen molar-refractivity contribution in [1.29, 1.82) is 0 Å². The zero-order valence-electron chi connectivity index (χ0n) is 7.37. The Morgan fingerprint density at radius 1 is 1.85 bits per heavy atom. The summed E-state index contributed by atoms with van der Waals surface area (Å²) in [5, 5.41) is 7.27. The molecule has 1 rings (SSSR count). The molecular weight excluding hydrogens is 186 g/mol. The van der Waals surface area contributed by atoms with Crippen LogP contribution in [0.2, 0.25) is 0 Å². The molecule has 1 N–H and O–H groups in total. The van der Waals surface area contributed by atoms with Gasteiger partial charge in [-0.2, -0.15) is 5.10 Å². The van der Waals surface area contributed by atoms with Crippen LogP contribution in [0.1, 0.15) is 5.69 Å². The average molecular weight is 195 g/mol. The molecule has 0 atom stereocenters. The molecule has 0 radical (unpaired) electrons. The molecule has 1 aromatic rings. The Morgan fingerprint density at radius 3 is 3.08 bits per heavy atom. The maximum atomic E-state index is 10.1. The average Bonchev–Trinajstić information content (AvgIpc) is 2.50. The summed E-state index contributed by atoms with van der Waals surface area (Å²) in [4.78, 5) is 14.2. The van der Waals surface area contributed by atoms with Crippen LogP contribution in [0.15, 0.2) is 17.1 Å². The van der Waals surface area contributed by atoms with Gasteiger partial charge in [0.2, 0.25) is 0 Å². The molecule has 0 bridgehead atoms. The number of H-pyrrole nitrogens is 1. The Balaban J connectivity index is 2.90. The minimum atomic E-state index is 0.577. The fraction of sp³-hybridized carbons (Fsp3) is 0.250. The van der Waals surface area contributed by atoms with Crippen molar-refractivity contribution in [3.8, 4) is 0 Å². The topological polar surface area (TPSA) is 58.1 Å². The smallest absolute Gasteiger partial charge is 0.174 e. The molecule has 0 aromatic carbocycles. The zero-order valence-corrected chi connectivity index (χ0v) is 8.18. The lowest BCUT2D eigenvalue weighted by Crippen LogP contribution is -1.83. The van der Waals surface area contributed by atoms with Crippen molar-refractivity contribution >= 4 is 28.6 Å². The monoisotopic (exact) mass is 195 g/mol. The third-order valence-electron chi connectivity index (χ3n) is 1.31. The van der Waals surface area contributed by atoms with E-state index in [2.05, 4.69) is 15.2 Å². The fourth-order valence-corrected chi connectivity index (χ4v) is 1.11. The van der Waals surface area contributed by atoms with Crippen LogP contribution in [0.4, 0.5) is 5.82 Å². The molecule has 4 nitrogen and oxygen atoms in total. The molecule has 0 fully saturated rings. The second kappa shape index (κ2) is 4.64. The fourth-order valence-electron chi connectivity index (χ4n) is 0.761. The number of aliphatic imine (C=N–C) groups is 1. The van der Waals surface area contributed by atoms with Crippen LogP contribution in [0.5, 0.6) is 0 Å². The number of aromatic nitrogens is 2. The number of aryl methyl sites for hydroxylation is 1. The molecule has 0 aliphatic carbocycles. The third-order valence-corrected chi connectivity index (χ3v) is 1.94. The van der Waals surface area contributed by atoms with Crippen molar-refractivity contribution in [2.45, 2.75) is 6.92 Å². The highest BCUT2D eigenvalue weighted by Crippen LogP contribution is 2.11. The first-order valence-electron chi connectivity index (χ1n) is 3.62. The van der Waals surface area contributed by atoms with Gasteiger partial charge in [-0.1, -0.05) is 0 Å². The summed E-state index contributed by atoms with van der Waals surface area (Å²) < 4.78 is 0. The van der Waals surface area contributed by atoms with Gasteiger partial charge in [-0.3, -0.25) is 5.10 Å². The highest BCUT2D eigenvalue weighted by molar-refractivity contribution is 8.13. The molecule has 1 aromatic heterocycles. The lowest BCUT2D eigenvalue weighted by molar-refractivity contribution is 0.569. The summed E-state index contributed by atoms with van der Waals surface area (Å²) >= 11 is 1.38. The standard InChI is InChI=1S/C8H9N3OS/c1-6-5-7(11-10-6)9-8(13-2)3-4-12/h3,5H,1-2H3,(H,10,11). The Morgan fingerprint density at radius 2 is 2.62 bits per heavy atom. The second-order valence-corrected chi connectivity index (χ2v) is 3.15. The van der Waals surface area contributed by atoms with Crippen molar-refractivity contribution in [3.63, 3.8) is 0 Å². The van der Waals surface area contributed by atoms with Crippen LogP contribution in [-0.2, 0) is 4.79 Å². The van der Waals surface area contributed by atoms with Crippen molar-refractivity contribution < 1.29 is 4.79 Å². The number of nitrogens with one attached hydrogen (secondary N) is 1. The highest BCUT2D eigenvalue weighted by Gasteiger charge is 1.96. The number of hydrogen-bond donors (Lipinski definition) is 1. The molecule has 1 heterocycles. The molecule has 0 aliphatic rings. The van der Waals surface area contributed by atoms with E-state index in [1.807, 2.05) is 13.2 Å². The largest absolute Gasteiger partial charge is 0.281 e. The van der Waals surface area contributed by atoms with Crippen molar-refractivity contribution in [1.82, 2.24) is 10.2 Å². The van der Waals surface area contributed by atoms with Crippen molar-refractivity contribution in [3.05, 3.63) is 17.8 Å². The van der Waals surface area contributed by atoms with Gasteiger partial charge in [-0.05, 0) is 13.2 Å². The molecule has 0 spiro atoms. The third kappa shape index (κ3) is 2.89. The Kier molecular flexibility index (Phi) is 3.49. The molecule has 68 valence electrons. The van der Waals surface area contributed by atoms with Crippen LogP contribution in [-0.4, -0.2) is 27.4 Å². The van der Waals surface area contributed by atoms with Gasteiger partial charge in [0.1, 0.15) is 11.0 Å². The van der Waals surface area contributed by atoms with Gasteiger partial charge < -0.3 is 0 Å². The second-order valence-electron chi connectivity index (χ2n) is 2.33. The van der Waals surface area contributed by atoms with Gasteiger partial charge in [0.05, 0.1) is 6.08 Å². The van der Waals surface area contributed by atoms with E-state index in [4.69, 9.17) is 0 Å². The quantitative estimate of drug-likeness (QED) is 0.442. The van der Waals surface area contributed by atoms with Crippen LogP contribution in [0.3, 0.4) is 0 Å². The van der Waals surface area contributed by atoms with Crippen molar-refractivity contribution in [2.24, 2.45) is 4.99 Å². The maximum absolute atomic E-state index is 10.1. The van der Waals surface area contributed by atoms with E-state index < -0.39 is 0 Å². The van der Waals surface area contributed by atoms with Gasteiger partial charge in [-0.15, -0.1) is 11.8 Å². The first-order chi connectivity index (χ1) is 6.26. The Labute approximate surface area is 80.1 Å². The molecule has 5 heteroatoms. The molecule has 13 heavy (non-hydrogen) atoms. The zero-order chi connectivity index (χ0) is 9.68. The number of nitrogens with zero attached hydrogens (tertiary/aromatic N) is 2. The van der Waals surface area contributed by atoms with Crippen LogP contribution in [0.25, 0.3) is 0 Å². The Hall–Kier alpha value is -1.32. The number of rotatable bonds is 2. The SMILES string of the molecule is CSC(C=C=O)=Nc1cc(C)[nH]n1. The first kappa shape index (κ1) is 9.77. The molecule has 0 saturated heterocycles. The first-order valence-corrected chi connectivity index (χ1v) is 4.84. The minimum absolute atomic E-state index is 0.577. The van der Waals surface area contributed by atoms with E-state index in [1.165, 1.54) is 17.8 Å². The van der Waals surface area contributed by atoms with E-state index in [0.29, 0.717) is 10.9 Å². The summed E-state index contributed by atoms with van der Waals surface area (Å²) in [5.74, 6) is 2.26. The summed E-state index contributed by atoms with van der Waals surface area (Å²) in [6.07, 6.45) is 3.13. The van der Waals surface area contributed by atoms with Gasteiger partial charge in [0, 0.05) is 11.8 Å². The number of thioether (sulfide) groups is 1. The predicted octanol–water partition coefficient (Wildman–Crippen LogP) is 1.50. The van der Waals surface area contributed by atoms with E-state index in [1.54, 1.807) is 12.0 Å². The Bertz CT molecular complexity index is 363. The van der Waals surface area contributed by atoms with Gasteiger partial charge in [0.25, 0.3) is 0 Å². The van der Waals surface area contributed by atoms with E-state index in [-0.39, 0.29) is 0 Å². The highest BCUT2D eigenvalue weighted by atomic mass is 32.2. The van der Waals surface area contributed by atoms with E-state index in [0.717, 1.165) is 5.69 Å². The van der Waals surface area contributed by atoms with Gasteiger partial charge in [-0.25, -0.2) is 9.79 Å². The number of hydrogen-bond acceptors (Lipinski definition) is 4. The van der Waals surface area contributed by atoms with Crippen molar-refractivity contribution in [2.75, 3.05) is 6.26 Å². The van der Waals surface area contributed by atoms with Crippen LogP contribution in [0, 0.1) is 6.92 Å². The maximum Gasteiger partial charge on any atom is 0.174 e. The van der Waals surface area contributed by atoms with Crippen LogP contribution >= 0.6 is 11.8 Å². The van der Waals surface area contributed by atoms with Gasteiger partial charge in [0.15, 0.2) is 5.82 Å². The summed E-state index contributed by atoms with van der Waals surface area (Å²) in [6, 6.07) is 1.80. The molecule has 0 saturated carbocycles. The minimum Gasteiger partial charge on any atom is -0.281 e. The van der Waals surface area contributed by atoms with Gasteiger partial charge >= 0.3 is 0 Å². The number of aromatic amines is 1. The van der Waals surface area contributed by atoms with E-state index in [9.17, 15) is 4.79 Å². The summed E-state index contributed by atoms with van der Waals surface area (Å²) in [5.41, 5.74) is 0.939. The summed E-state index contributed by atoms with van der Waals surface area (Å²) in [6.45, 7) is 1.89. The molecule has 0 unspecified atom stereocenters. The van der Waals surface area contributed by atoms with Crippen LogP contribution < -0.4 is 0 Å². The normalized spacial score (nSPS) is 11.1. The van der Waals surface area contributed by atoms with E-state index >= 15 is 0 Å².